The second-order valence-corrected chi connectivity index (χ2v) is 14.3. The highest BCUT2D eigenvalue weighted by molar-refractivity contribution is 5.93. The van der Waals surface area contributed by atoms with Gasteiger partial charge in [0.05, 0.1) is 0 Å². The lowest BCUT2D eigenvalue weighted by Crippen LogP contribution is -2.55. The van der Waals surface area contributed by atoms with E-state index in [1.165, 1.54) is 16.0 Å². The number of carbonyl (C=O) groups is 6. The summed E-state index contributed by atoms with van der Waals surface area (Å²) >= 11 is 0. The molecule has 0 unspecified atom stereocenters. The molecule has 1 aliphatic heterocycles. The van der Waals surface area contributed by atoms with Crippen molar-refractivity contribution in [1.29, 1.82) is 0 Å². The number of unbranched alkanes of at least 4 members (excludes halogenated alkanes) is 1. The van der Waals surface area contributed by atoms with Crippen LogP contribution in [0.1, 0.15) is 85.6 Å². The molecule has 51 heavy (non-hydrogen) atoms. The standard InChI is InChI=1S/C37H55N5O9/c1-36(2,3)50-34(48)38-21-13-7-8-15-23-41(26-43)30(25-27-17-10-9-11-18-27)32(45)42-24-16-20-29(42)31(44)40-28(33(46)47)19-12-14-22-39-35(49)51-37(4,5)6/h7-11,13,17-18,21,26,28-30H,12,14-16,19-20,22-25H2,1-6H3,(H,38,48)(H,39,49)(H,40,44)(H,46,47)/b8-7-,21-13-/t28-,29-,30-/m1/s1. The van der Waals surface area contributed by atoms with Gasteiger partial charge in [0.15, 0.2) is 0 Å². The normalized spacial score (nSPS) is 16.0. The van der Waals surface area contributed by atoms with Gasteiger partial charge in [-0.05, 0) is 91.7 Å². The first-order valence-corrected chi connectivity index (χ1v) is 17.4. The lowest BCUT2D eigenvalue weighted by atomic mass is 10.0. The van der Waals surface area contributed by atoms with E-state index in [1.807, 2.05) is 30.3 Å². The molecular formula is C37H55N5O9. The summed E-state index contributed by atoms with van der Waals surface area (Å²) in [5.74, 6) is -2.16. The number of amides is 5. The van der Waals surface area contributed by atoms with E-state index in [2.05, 4.69) is 16.0 Å². The molecule has 1 heterocycles. The van der Waals surface area contributed by atoms with Gasteiger partial charge in [-0.2, -0.15) is 0 Å². The number of carboxylic acids is 1. The predicted molar refractivity (Wildman–Crippen MR) is 191 cm³/mol. The maximum atomic E-state index is 14.1. The Morgan fingerprint density at radius 2 is 1.65 bits per heavy atom. The molecule has 1 aliphatic rings. The highest BCUT2D eigenvalue weighted by Crippen LogP contribution is 2.22. The van der Waals surface area contributed by atoms with Crippen molar-refractivity contribution in [1.82, 2.24) is 25.8 Å². The Labute approximate surface area is 301 Å². The summed E-state index contributed by atoms with van der Waals surface area (Å²) in [5.41, 5.74) is -0.420. The van der Waals surface area contributed by atoms with Crippen LogP contribution in [0.25, 0.3) is 0 Å². The van der Waals surface area contributed by atoms with Crippen molar-refractivity contribution in [2.24, 2.45) is 0 Å². The topological polar surface area (TPSA) is 184 Å². The van der Waals surface area contributed by atoms with E-state index in [9.17, 15) is 33.9 Å². The molecule has 14 nitrogen and oxygen atoms in total. The SMILES string of the molecule is CC(C)(C)OC(=O)N/C=C\C=C/CCN(C=O)[C@H](Cc1ccccc1)C(=O)N1CCC[C@@H]1C(=O)N[C@H](CCCCNC(=O)OC(C)(C)C)C(=O)O. The van der Waals surface area contributed by atoms with Crippen molar-refractivity contribution < 1.29 is 43.3 Å². The third kappa shape index (κ3) is 16.6. The van der Waals surface area contributed by atoms with Gasteiger partial charge in [-0.1, -0.05) is 42.5 Å². The average molecular weight is 714 g/mol. The third-order valence-electron chi connectivity index (χ3n) is 7.63. The Morgan fingerprint density at radius 1 is 0.980 bits per heavy atom. The minimum absolute atomic E-state index is 0.132. The Hall–Kier alpha value is -4.88. The third-order valence-corrected chi connectivity index (χ3v) is 7.63. The smallest absolute Gasteiger partial charge is 0.411 e. The second-order valence-electron chi connectivity index (χ2n) is 14.3. The lowest BCUT2D eigenvalue weighted by molar-refractivity contribution is -0.146. The van der Waals surface area contributed by atoms with Gasteiger partial charge in [0.1, 0.15) is 29.3 Å². The number of aliphatic carboxylic acids is 1. The fraction of sp³-hybridized carbons (Fsp3) is 0.568. The molecule has 1 aromatic carbocycles. The highest BCUT2D eigenvalue weighted by atomic mass is 16.6. The average Bonchev–Trinajstić information content (AvgIpc) is 3.53. The zero-order valence-electron chi connectivity index (χ0n) is 30.7. The number of carboxylic acid groups (broad SMARTS) is 1. The minimum Gasteiger partial charge on any atom is -0.480 e. The Kier molecular flexibility index (Phi) is 17.2. The molecule has 1 saturated heterocycles. The second kappa shape index (κ2) is 20.7. The molecule has 14 heteroatoms. The highest BCUT2D eigenvalue weighted by Gasteiger charge is 2.40. The number of nitrogens with one attached hydrogen (secondary N) is 3. The van der Waals surface area contributed by atoms with E-state index < -0.39 is 59.3 Å². The largest absolute Gasteiger partial charge is 0.480 e. The van der Waals surface area contributed by atoms with Crippen molar-refractivity contribution in [3.05, 3.63) is 60.3 Å². The number of ether oxygens (including phenoxy) is 2. The van der Waals surface area contributed by atoms with Gasteiger partial charge in [-0.25, -0.2) is 14.4 Å². The summed E-state index contributed by atoms with van der Waals surface area (Å²) in [6.45, 7) is 11.3. The molecule has 282 valence electrons. The van der Waals surface area contributed by atoms with Gasteiger partial charge in [-0.15, -0.1) is 0 Å². The van der Waals surface area contributed by atoms with Crippen LogP contribution in [0.15, 0.2) is 54.8 Å². The summed E-state index contributed by atoms with van der Waals surface area (Å²) in [6.07, 6.45) is 8.57. The van der Waals surface area contributed by atoms with Crippen molar-refractivity contribution in [2.45, 2.75) is 116 Å². The Bertz CT molecular complexity index is 1370. The van der Waals surface area contributed by atoms with Crippen molar-refractivity contribution in [2.75, 3.05) is 19.6 Å². The van der Waals surface area contributed by atoms with Crippen molar-refractivity contribution in [3.63, 3.8) is 0 Å². The maximum absolute atomic E-state index is 14.1. The number of allylic oxidation sites excluding steroid dienone is 2. The molecule has 2 rings (SSSR count). The first kappa shape index (κ1) is 42.3. The zero-order chi connectivity index (χ0) is 38.0. The monoisotopic (exact) mass is 713 g/mol. The van der Waals surface area contributed by atoms with Crippen LogP contribution in [0.4, 0.5) is 9.59 Å². The quantitative estimate of drug-likeness (QED) is 0.0979. The summed E-state index contributed by atoms with van der Waals surface area (Å²) in [6, 6.07) is 6.29. The molecule has 0 aliphatic carbocycles. The number of hydrogen-bond donors (Lipinski definition) is 4. The van der Waals surface area contributed by atoms with Crippen LogP contribution in [-0.2, 0) is 35.1 Å². The van der Waals surface area contributed by atoms with E-state index >= 15 is 0 Å². The predicted octanol–water partition coefficient (Wildman–Crippen LogP) is 4.30. The molecule has 1 fully saturated rings. The summed E-state index contributed by atoms with van der Waals surface area (Å²) in [5, 5.41) is 17.6. The first-order valence-electron chi connectivity index (χ1n) is 17.4. The van der Waals surface area contributed by atoms with Crippen LogP contribution in [0.5, 0.6) is 0 Å². The van der Waals surface area contributed by atoms with Crippen LogP contribution >= 0.6 is 0 Å². The number of hydrogen-bond acceptors (Lipinski definition) is 8. The minimum atomic E-state index is -1.20. The maximum Gasteiger partial charge on any atom is 0.411 e. The number of carbonyl (C=O) groups excluding carboxylic acids is 5. The van der Waals surface area contributed by atoms with Crippen LogP contribution in [-0.4, -0.2) is 100 Å². The van der Waals surface area contributed by atoms with Gasteiger partial charge < -0.3 is 35.0 Å². The van der Waals surface area contributed by atoms with Crippen molar-refractivity contribution >= 4 is 36.4 Å². The summed E-state index contributed by atoms with van der Waals surface area (Å²) in [7, 11) is 0. The lowest BCUT2D eigenvalue weighted by Gasteiger charge is -2.33. The number of rotatable bonds is 18. The van der Waals surface area contributed by atoms with E-state index in [0.29, 0.717) is 45.1 Å². The molecule has 0 bridgehead atoms. The molecule has 0 radical (unpaired) electrons. The molecule has 5 amide bonds. The van der Waals surface area contributed by atoms with Gasteiger partial charge in [0, 0.05) is 32.3 Å². The Morgan fingerprint density at radius 3 is 2.27 bits per heavy atom. The number of alkyl carbamates (subject to hydrolysis) is 2. The van der Waals surface area contributed by atoms with E-state index in [4.69, 9.17) is 9.47 Å². The van der Waals surface area contributed by atoms with E-state index in [0.717, 1.165) is 5.56 Å². The van der Waals surface area contributed by atoms with Crippen LogP contribution in [0.3, 0.4) is 0 Å². The van der Waals surface area contributed by atoms with Crippen LogP contribution in [0.2, 0.25) is 0 Å². The summed E-state index contributed by atoms with van der Waals surface area (Å²) < 4.78 is 10.4. The fourth-order valence-electron chi connectivity index (χ4n) is 5.34. The van der Waals surface area contributed by atoms with E-state index in [1.54, 1.807) is 59.8 Å². The Balaban J connectivity index is 2.05. The number of nitrogens with zero attached hydrogens (tertiary/aromatic N) is 2. The molecule has 4 N–H and O–H groups in total. The fourth-order valence-corrected chi connectivity index (χ4v) is 5.34. The van der Waals surface area contributed by atoms with Gasteiger partial charge in [0.25, 0.3) is 0 Å². The zero-order valence-corrected chi connectivity index (χ0v) is 30.7. The van der Waals surface area contributed by atoms with Crippen molar-refractivity contribution in [3.8, 4) is 0 Å². The number of benzene rings is 1. The van der Waals surface area contributed by atoms with Gasteiger partial charge in [0.2, 0.25) is 18.2 Å². The van der Waals surface area contributed by atoms with Gasteiger partial charge >= 0.3 is 18.2 Å². The van der Waals surface area contributed by atoms with E-state index in [-0.39, 0.29) is 25.9 Å². The summed E-state index contributed by atoms with van der Waals surface area (Å²) in [4.78, 5) is 78.4. The molecule has 1 aromatic rings. The molecule has 0 spiro atoms. The molecular weight excluding hydrogens is 658 g/mol. The van der Waals surface area contributed by atoms with Crippen LogP contribution in [0, 0.1) is 0 Å². The molecule has 0 aromatic heterocycles. The van der Waals surface area contributed by atoms with Crippen LogP contribution < -0.4 is 16.0 Å². The first-order chi connectivity index (χ1) is 24.0. The molecule has 0 saturated carbocycles. The van der Waals surface area contributed by atoms with Gasteiger partial charge in [-0.3, -0.25) is 19.7 Å². The number of likely N-dealkylation sites (tertiary alicyclic amines) is 1. The molecule has 3 atom stereocenters.